The highest BCUT2D eigenvalue weighted by Gasteiger charge is 2.36. The SMILES string of the molecule is O=C(CCc1nc2ccccc2s1)N1CCO[C@H]2CCCC[C@@H]21. The van der Waals surface area contributed by atoms with E-state index in [0.717, 1.165) is 36.3 Å². The summed E-state index contributed by atoms with van der Waals surface area (Å²) in [6, 6.07) is 8.47. The Kier molecular flexibility index (Phi) is 4.31. The lowest BCUT2D eigenvalue weighted by Gasteiger charge is -2.43. The van der Waals surface area contributed by atoms with Gasteiger partial charge < -0.3 is 9.64 Å². The largest absolute Gasteiger partial charge is 0.374 e. The predicted octanol–water partition coefficient (Wildman–Crippen LogP) is 3.40. The number of ether oxygens (including phenoxy) is 1. The zero-order valence-corrected chi connectivity index (χ0v) is 14.1. The number of nitrogens with zero attached hydrogens (tertiary/aromatic N) is 2. The average molecular weight is 330 g/mol. The minimum absolute atomic E-state index is 0.268. The lowest BCUT2D eigenvalue weighted by molar-refractivity contribution is -0.149. The van der Waals surface area contributed by atoms with E-state index in [4.69, 9.17) is 4.74 Å². The van der Waals surface area contributed by atoms with E-state index in [0.29, 0.717) is 19.1 Å². The number of rotatable bonds is 3. The summed E-state index contributed by atoms with van der Waals surface area (Å²) in [6.45, 7) is 1.44. The second-order valence-electron chi connectivity index (χ2n) is 6.42. The molecular formula is C18H22N2O2S. The molecular weight excluding hydrogens is 308 g/mol. The molecule has 4 nitrogen and oxygen atoms in total. The van der Waals surface area contributed by atoms with Crippen molar-refractivity contribution in [1.82, 2.24) is 9.88 Å². The predicted molar refractivity (Wildman–Crippen MR) is 91.7 cm³/mol. The fourth-order valence-corrected chi connectivity index (χ4v) is 4.76. The van der Waals surface area contributed by atoms with Gasteiger partial charge in [-0.2, -0.15) is 0 Å². The molecule has 0 spiro atoms. The summed E-state index contributed by atoms with van der Waals surface area (Å²) in [6.07, 6.45) is 6.21. The molecule has 1 saturated carbocycles. The van der Waals surface area contributed by atoms with Crippen LogP contribution in [0.3, 0.4) is 0 Å². The number of hydrogen-bond donors (Lipinski definition) is 0. The molecule has 0 unspecified atom stereocenters. The van der Waals surface area contributed by atoms with Crippen molar-refractivity contribution >= 4 is 27.5 Å². The molecule has 1 aliphatic heterocycles. The van der Waals surface area contributed by atoms with Crippen molar-refractivity contribution < 1.29 is 9.53 Å². The van der Waals surface area contributed by atoms with Gasteiger partial charge in [-0.3, -0.25) is 4.79 Å². The van der Waals surface area contributed by atoms with Crippen LogP contribution in [0.4, 0.5) is 0 Å². The van der Waals surface area contributed by atoms with Gasteiger partial charge >= 0.3 is 0 Å². The third kappa shape index (κ3) is 3.12. The Labute approximate surface area is 140 Å². The second kappa shape index (κ2) is 6.57. The van der Waals surface area contributed by atoms with Gasteiger partial charge in [0.15, 0.2) is 0 Å². The van der Waals surface area contributed by atoms with E-state index in [1.54, 1.807) is 11.3 Å². The smallest absolute Gasteiger partial charge is 0.223 e. The normalized spacial score (nSPS) is 24.6. The number of benzene rings is 1. The lowest BCUT2D eigenvalue weighted by Crippen LogP contribution is -2.54. The number of carbonyl (C=O) groups excluding carboxylic acids is 1. The molecule has 1 aliphatic carbocycles. The van der Waals surface area contributed by atoms with Gasteiger partial charge in [0.25, 0.3) is 0 Å². The van der Waals surface area contributed by atoms with E-state index < -0.39 is 0 Å². The molecule has 5 heteroatoms. The highest BCUT2D eigenvalue weighted by atomic mass is 32.1. The minimum atomic E-state index is 0.268. The quantitative estimate of drug-likeness (QED) is 0.866. The molecule has 1 amide bonds. The van der Waals surface area contributed by atoms with Crippen LogP contribution < -0.4 is 0 Å². The number of carbonyl (C=O) groups is 1. The van der Waals surface area contributed by atoms with Crippen LogP contribution in [0.25, 0.3) is 10.2 Å². The van der Waals surface area contributed by atoms with Crippen LogP contribution in [0.2, 0.25) is 0 Å². The van der Waals surface area contributed by atoms with Crippen LogP contribution in [0.1, 0.15) is 37.1 Å². The van der Waals surface area contributed by atoms with Gasteiger partial charge in [-0.05, 0) is 25.0 Å². The molecule has 1 saturated heterocycles. The molecule has 0 bridgehead atoms. The zero-order chi connectivity index (χ0) is 15.6. The van der Waals surface area contributed by atoms with Gasteiger partial charge in [-0.25, -0.2) is 4.98 Å². The van der Waals surface area contributed by atoms with Crippen LogP contribution >= 0.6 is 11.3 Å². The van der Waals surface area contributed by atoms with Crippen LogP contribution in [0, 0.1) is 0 Å². The van der Waals surface area contributed by atoms with E-state index in [2.05, 4.69) is 16.0 Å². The van der Waals surface area contributed by atoms with Crippen molar-refractivity contribution in [2.75, 3.05) is 13.2 Å². The molecule has 23 heavy (non-hydrogen) atoms. The van der Waals surface area contributed by atoms with Crippen molar-refractivity contribution in [3.63, 3.8) is 0 Å². The van der Waals surface area contributed by atoms with E-state index in [9.17, 15) is 4.79 Å². The van der Waals surface area contributed by atoms with Crippen molar-refractivity contribution in [3.05, 3.63) is 29.3 Å². The van der Waals surface area contributed by atoms with Crippen molar-refractivity contribution in [1.29, 1.82) is 0 Å². The van der Waals surface area contributed by atoms with E-state index in [1.165, 1.54) is 17.5 Å². The summed E-state index contributed by atoms with van der Waals surface area (Å²) in [5.74, 6) is 0.268. The van der Waals surface area contributed by atoms with Gasteiger partial charge in [-0.1, -0.05) is 25.0 Å². The van der Waals surface area contributed by atoms with Gasteiger partial charge in [-0.15, -0.1) is 11.3 Å². The second-order valence-corrected chi connectivity index (χ2v) is 7.54. The molecule has 2 fully saturated rings. The van der Waals surface area contributed by atoms with Crippen molar-refractivity contribution in [2.45, 2.75) is 50.7 Å². The molecule has 1 aromatic carbocycles. The Balaban J connectivity index is 1.40. The molecule has 2 aliphatic rings. The maximum atomic E-state index is 12.7. The first kappa shape index (κ1) is 15.1. The topological polar surface area (TPSA) is 42.4 Å². The van der Waals surface area contributed by atoms with Gasteiger partial charge in [0.1, 0.15) is 0 Å². The number of aromatic nitrogens is 1. The summed E-state index contributed by atoms with van der Waals surface area (Å²) in [4.78, 5) is 19.4. The van der Waals surface area contributed by atoms with Crippen molar-refractivity contribution in [2.24, 2.45) is 0 Å². The number of para-hydroxylation sites is 1. The fraction of sp³-hybridized carbons (Fsp3) is 0.556. The summed E-state index contributed by atoms with van der Waals surface area (Å²) < 4.78 is 7.06. The monoisotopic (exact) mass is 330 g/mol. The molecule has 2 heterocycles. The Bertz CT molecular complexity index is 664. The average Bonchev–Trinajstić information content (AvgIpc) is 3.02. The first-order chi connectivity index (χ1) is 11.3. The Morgan fingerprint density at radius 1 is 1.30 bits per heavy atom. The first-order valence-electron chi connectivity index (χ1n) is 8.57. The van der Waals surface area contributed by atoms with Crippen LogP contribution in [0.5, 0.6) is 0 Å². The van der Waals surface area contributed by atoms with Crippen LogP contribution in [0.15, 0.2) is 24.3 Å². The van der Waals surface area contributed by atoms with Crippen LogP contribution in [-0.2, 0) is 16.0 Å². The zero-order valence-electron chi connectivity index (χ0n) is 13.2. The molecule has 2 aromatic rings. The highest BCUT2D eigenvalue weighted by molar-refractivity contribution is 7.18. The summed E-state index contributed by atoms with van der Waals surface area (Å²) in [5, 5.41) is 1.06. The third-order valence-corrected chi connectivity index (χ3v) is 6.04. The minimum Gasteiger partial charge on any atom is -0.374 e. The Hall–Kier alpha value is -1.46. The van der Waals surface area contributed by atoms with Gasteiger partial charge in [0, 0.05) is 19.4 Å². The number of morpholine rings is 1. The van der Waals surface area contributed by atoms with Crippen molar-refractivity contribution in [3.8, 4) is 0 Å². The summed E-state index contributed by atoms with van der Waals surface area (Å²) in [7, 11) is 0. The number of aryl methyl sites for hydroxylation is 1. The molecule has 1 aromatic heterocycles. The maximum absolute atomic E-state index is 12.7. The Morgan fingerprint density at radius 2 is 2.17 bits per heavy atom. The van der Waals surface area contributed by atoms with E-state index in [1.807, 2.05) is 18.2 Å². The van der Waals surface area contributed by atoms with E-state index >= 15 is 0 Å². The standard InChI is InChI=1S/C18H22N2O2S/c21-18(20-11-12-22-15-7-3-2-6-14(15)20)10-9-17-19-13-5-1-4-8-16(13)23-17/h1,4-5,8,14-15H,2-3,6-7,9-12H2/t14-,15-/m0/s1. The number of thiazole rings is 1. The summed E-state index contributed by atoms with van der Waals surface area (Å²) in [5.41, 5.74) is 1.04. The van der Waals surface area contributed by atoms with Gasteiger partial charge in [0.2, 0.25) is 5.91 Å². The van der Waals surface area contributed by atoms with Crippen LogP contribution in [-0.4, -0.2) is 41.1 Å². The molecule has 4 rings (SSSR count). The van der Waals surface area contributed by atoms with Gasteiger partial charge in [0.05, 0.1) is 34.0 Å². The summed E-state index contributed by atoms with van der Waals surface area (Å²) >= 11 is 1.70. The maximum Gasteiger partial charge on any atom is 0.223 e. The number of hydrogen-bond acceptors (Lipinski definition) is 4. The Morgan fingerprint density at radius 3 is 3.09 bits per heavy atom. The molecule has 122 valence electrons. The highest BCUT2D eigenvalue weighted by Crippen LogP contribution is 2.29. The first-order valence-corrected chi connectivity index (χ1v) is 9.38. The number of fused-ring (bicyclic) bond motifs is 2. The number of amides is 1. The molecule has 0 N–H and O–H groups in total. The third-order valence-electron chi connectivity index (χ3n) is 4.94. The molecule has 0 radical (unpaired) electrons. The molecule has 2 atom stereocenters. The van der Waals surface area contributed by atoms with E-state index in [-0.39, 0.29) is 12.0 Å². The fourth-order valence-electron chi connectivity index (χ4n) is 3.79. The lowest BCUT2D eigenvalue weighted by atomic mass is 9.90.